The number of nitrogens with one attached hydrogen (secondary N) is 2. The molecule has 37 heavy (non-hydrogen) atoms. The smallest absolute Gasteiger partial charge is 0.453 e. The number of imidazole rings is 1. The van der Waals surface area contributed by atoms with Crippen molar-refractivity contribution in [2.24, 2.45) is 5.92 Å². The Morgan fingerprint density at radius 2 is 1.81 bits per heavy atom. The van der Waals surface area contributed by atoms with Crippen molar-refractivity contribution < 1.29 is 28.0 Å². The molecule has 0 saturated carbocycles. The fourth-order valence-corrected chi connectivity index (χ4v) is 4.62. The summed E-state index contributed by atoms with van der Waals surface area (Å²) in [5.41, 5.74) is 1.70. The summed E-state index contributed by atoms with van der Waals surface area (Å²) in [6, 6.07) is 6.39. The van der Waals surface area contributed by atoms with Gasteiger partial charge in [-0.05, 0) is 44.6 Å². The Morgan fingerprint density at radius 1 is 1.19 bits per heavy atom. The van der Waals surface area contributed by atoms with E-state index in [2.05, 4.69) is 20.0 Å². The summed E-state index contributed by atoms with van der Waals surface area (Å²) in [5, 5.41) is 2.57. The summed E-state index contributed by atoms with van der Waals surface area (Å²) in [7, 11) is 0.781. The molecule has 2 aliphatic rings. The van der Waals surface area contributed by atoms with Gasteiger partial charge in [0, 0.05) is 6.42 Å². The fourth-order valence-electron chi connectivity index (χ4n) is 4.62. The van der Waals surface area contributed by atoms with Gasteiger partial charge in [-0.25, -0.2) is 14.2 Å². The Labute approximate surface area is 217 Å². The van der Waals surface area contributed by atoms with Crippen molar-refractivity contribution in [3.8, 4) is 11.3 Å². The average Bonchev–Trinajstić information content (AvgIpc) is 3.52. The van der Waals surface area contributed by atoms with Gasteiger partial charge in [0.2, 0.25) is 5.91 Å². The number of aromatic nitrogens is 2. The Kier molecular flexibility index (Phi) is 7.40. The van der Waals surface area contributed by atoms with Crippen molar-refractivity contribution in [3.05, 3.63) is 36.3 Å². The molecule has 1 aromatic heterocycles. The van der Waals surface area contributed by atoms with E-state index in [0.29, 0.717) is 5.82 Å². The first kappa shape index (κ1) is 27.1. The molecular formula is C26H36BFN4O5. The second-order valence-electron chi connectivity index (χ2n) is 11.1. The topological polar surface area (TPSA) is 106 Å². The van der Waals surface area contributed by atoms with Crippen LogP contribution in [0.4, 0.5) is 9.18 Å². The predicted molar refractivity (Wildman–Crippen MR) is 138 cm³/mol. The number of carbonyl (C=O) groups is 2. The summed E-state index contributed by atoms with van der Waals surface area (Å²) in [5.74, 6) is -0.0741. The monoisotopic (exact) mass is 514 g/mol. The van der Waals surface area contributed by atoms with E-state index in [1.807, 2.05) is 65.8 Å². The zero-order valence-corrected chi connectivity index (χ0v) is 22.5. The van der Waals surface area contributed by atoms with Crippen molar-refractivity contribution in [1.82, 2.24) is 20.2 Å². The SMILES string of the molecule is COC(=O)N[C@H](C(=O)N1C[C@@H](F)C[C@H]1c1ncc(-c2ccc(B3OC(C)(C)C(C)(C)O3)cc2)[nH]1)C(C)C. The summed E-state index contributed by atoms with van der Waals surface area (Å²) in [4.78, 5) is 34.3. The quantitative estimate of drug-likeness (QED) is 0.573. The van der Waals surface area contributed by atoms with Crippen LogP contribution in [-0.4, -0.2) is 71.1 Å². The third-order valence-corrected chi connectivity index (χ3v) is 7.58. The number of carbonyl (C=O) groups excluding carboxylic acids is 2. The first-order valence-corrected chi connectivity index (χ1v) is 12.6. The van der Waals surface area contributed by atoms with Crippen molar-refractivity contribution in [1.29, 1.82) is 0 Å². The zero-order chi connectivity index (χ0) is 27.1. The number of aromatic amines is 1. The van der Waals surface area contributed by atoms with Crippen LogP contribution in [0, 0.1) is 5.92 Å². The van der Waals surface area contributed by atoms with Crippen LogP contribution in [0.3, 0.4) is 0 Å². The third kappa shape index (κ3) is 5.38. The van der Waals surface area contributed by atoms with E-state index >= 15 is 0 Å². The minimum absolute atomic E-state index is 0.0611. The number of rotatable bonds is 6. The second-order valence-corrected chi connectivity index (χ2v) is 11.1. The maximum absolute atomic E-state index is 14.5. The number of likely N-dealkylation sites (tertiary alicyclic amines) is 1. The summed E-state index contributed by atoms with van der Waals surface area (Å²) in [6.45, 7) is 11.6. The fraction of sp³-hybridized carbons (Fsp3) is 0.577. The maximum atomic E-state index is 14.5. The zero-order valence-electron chi connectivity index (χ0n) is 22.5. The minimum atomic E-state index is -1.19. The molecule has 2 aromatic rings. The molecule has 0 aliphatic carbocycles. The Hall–Kier alpha value is -2.92. The van der Waals surface area contributed by atoms with E-state index in [4.69, 9.17) is 9.31 Å². The molecule has 4 rings (SSSR count). The molecule has 1 aromatic carbocycles. The molecule has 0 bridgehead atoms. The van der Waals surface area contributed by atoms with Gasteiger partial charge in [-0.1, -0.05) is 38.1 Å². The molecule has 3 atom stereocenters. The molecule has 0 radical (unpaired) electrons. The highest BCUT2D eigenvalue weighted by Crippen LogP contribution is 2.37. The van der Waals surface area contributed by atoms with Crippen LogP contribution >= 0.6 is 0 Å². The molecule has 3 heterocycles. The average molecular weight is 514 g/mol. The summed E-state index contributed by atoms with van der Waals surface area (Å²) < 4.78 is 31.4. The number of H-pyrrole nitrogens is 1. The van der Waals surface area contributed by atoms with Gasteiger partial charge in [0.25, 0.3) is 0 Å². The first-order chi connectivity index (χ1) is 17.3. The normalized spacial score (nSPS) is 23.4. The number of benzene rings is 1. The summed E-state index contributed by atoms with van der Waals surface area (Å²) in [6.07, 6.45) is -0.0840. The van der Waals surface area contributed by atoms with E-state index in [-0.39, 0.29) is 24.8 Å². The van der Waals surface area contributed by atoms with Crippen molar-refractivity contribution in [3.63, 3.8) is 0 Å². The first-order valence-electron chi connectivity index (χ1n) is 12.6. The number of ether oxygens (including phenoxy) is 1. The maximum Gasteiger partial charge on any atom is 0.494 e. The number of hydrogen-bond donors (Lipinski definition) is 2. The van der Waals surface area contributed by atoms with Gasteiger partial charge < -0.3 is 29.2 Å². The Bertz CT molecular complexity index is 1120. The molecule has 2 aliphatic heterocycles. The Morgan fingerprint density at radius 3 is 2.38 bits per heavy atom. The molecule has 2 fully saturated rings. The molecule has 0 spiro atoms. The van der Waals surface area contributed by atoms with Gasteiger partial charge in [0.05, 0.1) is 42.8 Å². The molecular weight excluding hydrogens is 478 g/mol. The number of halogens is 1. The van der Waals surface area contributed by atoms with E-state index in [1.54, 1.807) is 6.20 Å². The predicted octanol–water partition coefficient (Wildman–Crippen LogP) is 3.37. The van der Waals surface area contributed by atoms with Crippen LogP contribution in [0.15, 0.2) is 30.5 Å². The van der Waals surface area contributed by atoms with Gasteiger partial charge in [-0.2, -0.15) is 0 Å². The number of amides is 2. The second kappa shape index (κ2) is 10.1. The van der Waals surface area contributed by atoms with Crippen LogP contribution in [0.1, 0.15) is 59.8 Å². The third-order valence-electron chi connectivity index (χ3n) is 7.58. The number of methoxy groups -OCH3 is 1. The van der Waals surface area contributed by atoms with Gasteiger partial charge in [0.1, 0.15) is 18.0 Å². The highest BCUT2D eigenvalue weighted by Gasteiger charge is 2.51. The lowest BCUT2D eigenvalue weighted by Crippen LogP contribution is -2.51. The molecule has 11 heteroatoms. The van der Waals surface area contributed by atoms with Gasteiger partial charge in [-0.15, -0.1) is 0 Å². The lowest BCUT2D eigenvalue weighted by molar-refractivity contribution is -0.135. The van der Waals surface area contributed by atoms with Crippen LogP contribution in [-0.2, 0) is 18.8 Å². The number of alkyl halides is 1. The highest BCUT2D eigenvalue weighted by atomic mass is 19.1. The molecule has 2 N–H and O–H groups in total. The van der Waals surface area contributed by atoms with E-state index in [1.165, 1.54) is 12.0 Å². The van der Waals surface area contributed by atoms with E-state index in [0.717, 1.165) is 16.7 Å². The van der Waals surface area contributed by atoms with Crippen molar-refractivity contribution in [2.45, 2.75) is 77.4 Å². The van der Waals surface area contributed by atoms with Crippen LogP contribution in [0.25, 0.3) is 11.3 Å². The summed E-state index contributed by atoms with van der Waals surface area (Å²) >= 11 is 0. The molecule has 2 amide bonds. The molecule has 200 valence electrons. The van der Waals surface area contributed by atoms with E-state index < -0.39 is 42.7 Å². The van der Waals surface area contributed by atoms with E-state index in [9.17, 15) is 14.0 Å². The van der Waals surface area contributed by atoms with Crippen LogP contribution in [0.2, 0.25) is 0 Å². The van der Waals surface area contributed by atoms with Crippen LogP contribution < -0.4 is 10.8 Å². The van der Waals surface area contributed by atoms with Crippen LogP contribution in [0.5, 0.6) is 0 Å². The molecule has 9 nitrogen and oxygen atoms in total. The lowest BCUT2D eigenvalue weighted by atomic mass is 9.79. The minimum Gasteiger partial charge on any atom is -0.453 e. The number of nitrogens with zero attached hydrogens (tertiary/aromatic N) is 2. The number of alkyl carbamates (subject to hydrolysis) is 1. The van der Waals surface area contributed by atoms with Crippen molar-refractivity contribution >= 4 is 24.6 Å². The highest BCUT2D eigenvalue weighted by molar-refractivity contribution is 6.62. The van der Waals surface area contributed by atoms with Gasteiger partial charge >= 0.3 is 13.2 Å². The largest absolute Gasteiger partial charge is 0.494 e. The Balaban J connectivity index is 1.51. The number of hydrogen-bond acceptors (Lipinski definition) is 6. The lowest BCUT2D eigenvalue weighted by Gasteiger charge is -2.32. The van der Waals surface area contributed by atoms with Gasteiger partial charge in [0.15, 0.2) is 0 Å². The molecule has 0 unspecified atom stereocenters. The van der Waals surface area contributed by atoms with Crippen molar-refractivity contribution in [2.75, 3.05) is 13.7 Å². The standard InChI is InChI=1S/C26H36BFN4O5/c1-15(2)21(31-24(34)35-7)23(33)32-14-18(28)12-20(32)22-29-13-19(30-22)16-8-10-17(11-9-16)27-36-25(3,4)26(5,6)37-27/h8-11,13,15,18,20-21H,12,14H2,1-7H3,(H,29,30)(H,31,34)/t18-,20-,21-/m0/s1. The molecule has 2 saturated heterocycles. The van der Waals surface area contributed by atoms with Gasteiger partial charge in [-0.3, -0.25) is 4.79 Å².